The van der Waals surface area contributed by atoms with E-state index in [1.807, 2.05) is 100 Å². The average molecular weight is 580 g/mol. The molecule has 6 atom stereocenters. The molecule has 0 saturated carbocycles. The number of nitrogens with one attached hydrogen (secondary N) is 1. The second-order valence-corrected chi connectivity index (χ2v) is 11.0. The van der Waals surface area contributed by atoms with Gasteiger partial charge in [-0.25, -0.2) is 4.79 Å². The smallest absolute Gasteiger partial charge is 0.312 e. The van der Waals surface area contributed by atoms with Crippen LogP contribution in [0.1, 0.15) is 68.7 Å². The molecule has 3 rings (SSSR count). The van der Waals surface area contributed by atoms with Crippen molar-refractivity contribution in [3.63, 3.8) is 0 Å². The molecule has 236 valence electrons. The molecule has 1 aliphatic heterocycles. The highest BCUT2D eigenvalue weighted by atomic mass is 16.6. The molecule has 0 spiro atoms. The Kier molecular flexibility index (Phi) is 17.3. The summed E-state index contributed by atoms with van der Waals surface area (Å²) in [5.41, 5.74) is -0.688. The lowest BCUT2D eigenvalue weighted by atomic mass is 9.51. The summed E-state index contributed by atoms with van der Waals surface area (Å²) in [6.45, 7) is 12.7. The zero-order chi connectivity index (χ0) is 29.8. The SMILES string of the molecule is C.CCC1(C)OC(C)(COCC(O)CNC(N)=O)C(C)(CC)C(C)(O)C1(C)O.N.c1ccccc1.c1ccccc1. The predicted molar refractivity (Wildman–Crippen MR) is 167 cm³/mol. The third-order valence-corrected chi connectivity index (χ3v) is 8.58. The molecule has 1 fully saturated rings. The summed E-state index contributed by atoms with van der Waals surface area (Å²) in [6, 6.07) is 23.3. The minimum Gasteiger partial charge on any atom is -0.389 e. The molecule has 1 heterocycles. The maximum atomic E-state index is 11.5. The lowest BCUT2D eigenvalue weighted by Crippen LogP contribution is -2.81. The minimum absolute atomic E-state index is 0. The average Bonchev–Trinajstić information content (AvgIpc) is 2.93. The third-order valence-electron chi connectivity index (χ3n) is 8.58. The van der Waals surface area contributed by atoms with Gasteiger partial charge in [0.25, 0.3) is 0 Å². The van der Waals surface area contributed by atoms with Gasteiger partial charge in [0.05, 0.1) is 30.5 Å². The van der Waals surface area contributed by atoms with Gasteiger partial charge in [-0.3, -0.25) is 0 Å². The molecular formula is C32H57N3O6. The fourth-order valence-corrected chi connectivity index (χ4v) is 5.04. The van der Waals surface area contributed by atoms with E-state index in [2.05, 4.69) is 5.32 Å². The van der Waals surface area contributed by atoms with Crippen molar-refractivity contribution >= 4 is 6.03 Å². The molecule has 2 amide bonds. The molecule has 9 nitrogen and oxygen atoms in total. The first-order valence-electron chi connectivity index (χ1n) is 13.6. The molecule has 0 aromatic heterocycles. The Morgan fingerprint density at radius 1 is 0.805 bits per heavy atom. The second-order valence-electron chi connectivity index (χ2n) is 11.0. The van der Waals surface area contributed by atoms with Gasteiger partial charge in [-0.2, -0.15) is 0 Å². The zero-order valence-electron chi connectivity index (χ0n) is 25.4. The zero-order valence-corrected chi connectivity index (χ0v) is 25.4. The first kappa shape index (κ1) is 40.6. The molecule has 9 N–H and O–H groups in total. The van der Waals surface area contributed by atoms with Gasteiger partial charge >= 0.3 is 6.03 Å². The van der Waals surface area contributed by atoms with Crippen molar-refractivity contribution in [1.29, 1.82) is 0 Å². The fourth-order valence-electron chi connectivity index (χ4n) is 5.04. The number of rotatable bonds is 8. The van der Waals surface area contributed by atoms with E-state index < -0.39 is 40.0 Å². The van der Waals surface area contributed by atoms with Crippen molar-refractivity contribution in [2.45, 2.75) is 97.2 Å². The van der Waals surface area contributed by atoms with Gasteiger partial charge in [-0.15, -0.1) is 0 Å². The van der Waals surface area contributed by atoms with Crippen molar-refractivity contribution in [2.24, 2.45) is 11.1 Å². The van der Waals surface area contributed by atoms with E-state index in [1.54, 1.807) is 20.8 Å². The molecule has 2 aromatic carbocycles. The Labute approximate surface area is 248 Å². The van der Waals surface area contributed by atoms with Crippen LogP contribution >= 0.6 is 0 Å². The van der Waals surface area contributed by atoms with Gasteiger partial charge in [0, 0.05) is 12.0 Å². The van der Waals surface area contributed by atoms with E-state index in [1.165, 1.54) is 0 Å². The molecule has 6 unspecified atom stereocenters. The normalized spacial score (nSPS) is 30.9. The van der Waals surface area contributed by atoms with Crippen LogP contribution in [0.5, 0.6) is 0 Å². The van der Waals surface area contributed by atoms with Crippen LogP contribution in [0.15, 0.2) is 72.8 Å². The van der Waals surface area contributed by atoms with E-state index in [0.717, 1.165) is 0 Å². The van der Waals surface area contributed by atoms with E-state index in [4.69, 9.17) is 15.2 Å². The number of benzene rings is 2. The highest BCUT2D eigenvalue weighted by Crippen LogP contribution is 2.60. The number of urea groups is 1. The summed E-state index contributed by atoms with van der Waals surface area (Å²) in [7, 11) is 0. The number of primary amides is 1. The Bertz CT molecular complexity index is 878. The third kappa shape index (κ3) is 9.77. The van der Waals surface area contributed by atoms with Gasteiger partial charge in [-0.05, 0) is 40.5 Å². The van der Waals surface area contributed by atoms with Crippen molar-refractivity contribution in [3.05, 3.63) is 72.8 Å². The van der Waals surface area contributed by atoms with E-state index in [9.17, 15) is 20.1 Å². The van der Waals surface area contributed by atoms with Crippen LogP contribution in [0.4, 0.5) is 4.79 Å². The molecule has 2 aromatic rings. The van der Waals surface area contributed by atoms with Crippen LogP contribution in [-0.2, 0) is 9.47 Å². The topological polar surface area (TPSA) is 169 Å². The van der Waals surface area contributed by atoms with E-state index in [-0.39, 0.29) is 33.3 Å². The van der Waals surface area contributed by atoms with Crippen molar-refractivity contribution < 1.29 is 29.6 Å². The van der Waals surface area contributed by atoms with Crippen LogP contribution in [0.3, 0.4) is 0 Å². The van der Waals surface area contributed by atoms with Crippen LogP contribution in [0.25, 0.3) is 0 Å². The minimum atomic E-state index is -1.48. The summed E-state index contributed by atoms with van der Waals surface area (Å²) in [4.78, 5) is 10.7. The van der Waals surface area contributed by atoms with Crippen molar-refractivity contribution in [1.82, 2.24) is 11.5 Å². The van der Waals surface area contributed by atoms with Crippen molar-refractivity contribution in [2.75, 3.05) is 19.8 Å². The largest absolute Gasteiger partial charge is 0.389 e. The van der Waals surface area contributed by atoms with Crippen LogP contribution in [0, 0.1) is 5.41 Å². The molecule has 1 saturated heterocycles. The number of aliphatic hydroxyl groups excluding tert-OH is 1. The highest BCUT2D eigenvalue weighted by Gasteiger charge is 2.72. The summed E-state index contributed by atoms with van der Waals surface area (Å²) >= 11 is 0. The molecule has 1 aliphatic rings. The molecule has 0 radical (unpaired) electrons. The quantitative estimate of drug-likeness (QED) is 0.253. The maximum Gasteiger partial charge on any atom is 0.312 e. The van der Waals surface area contributed by atoms with Crippen LogP contribution in [-0.4, -0.2) is 69.6 Å². The highest BCUT2D eigenvalue weighted by molar-refractivity contribution is 5.71. The van der Waals surface area contributed by atoms with Gasteiger partial charge < -0.3 is 42.0 Å². The molecule has 9 heteroatoms. The first-order chi connectivity index (χ1) is 18.1. The summed E-state index contributed by atoms with van der Waals surface area (Å²) < 4.78 is 12.1. The monoisotopic (exact) mass is 579 g/mol. The number of carbonyl (C=O) groups is 1. The molecule has 0 aliphatic carbocycles. The number of hydrogen-bond donors (Lipinski definition) is 6. The van der Waals surface area contributed by atoms with Crippen LogP contribution in [0.2, 0.25) is 0 Å². The number of nitrogens with two attached hydrogens (primary N) is 1. The van der Waals surface area contributed by atoms with Gasteiger partial charge in [0.2, 0.25) is 0 Å². The Hall–Kier alpha value is -2.53. The van der Waals surface area contributed by atoms with Gasteiger partial charge in [-0.1, -0.05) is 101 Å². The summed E-state index contributed by atoms with van der Waals surface area (Å²) in [6.07, 6.45) is 0.122. The maximum absolute atomic E-state index is 11.5. The van der Waals surface area contributed by atoms with E-state index in [0.29, 0.717) is 12.8 Å². The molecular weight excluding hydrogens is 522 g/mol. The lowest BCUT2D eigenvalue weighted by molar-refractivity contribution is -0.391. The number of aliphatic hydroxyl groups is 3. The number of ether oxygens (including phenoxy) is 2. The standard InChI is InChI=1S/C19H38N2O6.2C6H6.CH4.H3N/c1-8-15(3)17(5,12-26-11-13(22)10-21-14(20)23)27-16(4,9-2)19(7,25)18(15,6)24;2*1-2-4-6-5-3-1;;/h13,22,24-25H,8-12H2,1-7H3,(H3,20,21,23);2*1-6H;1H4;1H3. The number of hydrogen-bond acceptors (Lipinski definition) is 7. The second kappa shape index (κ2) is 17.4. The summed E-state index contributed by atoms with van der Waals surface area (Å²) in [5, 5.41) is 35.0. The fraction of sp³-hybridized carbons (Fsp3) is 0.594. The first-order valence-corrected chi connectivity index (χ1v) is 13.6. The van der Waals surface area contributed by atoms with Crippen LogP contribution < -0.4 is 17.2 Å². The summed E-state index contributed by atoms with van der Waals surface area (Å²) in [5.74, 6) is 0. The Morgan fingerprint density at radius 2 is 1.20 bits per heavy atom. The Balaban J connectivity index is 0. The predicted octanol–water partition coefficient (Wildman–Crippen LogP) is 5.08. The molecule has 41 heavy (non-hydrogen) atoms. The van der Waals surface area contributed by atoms with Gasteiger partial charge in [0.15, 0.2) is 0 Å². The van der Waals surface area contributed by atoms with Crippen molar-refractivity contribution in [3.8, 4) is 0 Å². The Morgan fingerprint density at radius 3 is 1.51 bits per heavy atom. The van der Waals surface area contributed by atoms with Gasteiger partial charge in [0.1, 0.15) is 11.2 Å². The number of carbonyl (C=O) groups excluding carboxylic acids is 1. The lowest BCUT2D eigenvalue weighted by Gasteiger charge is -2.68. The molecule has 0 bridgehead atoms. The van der Waals surface area contributed by atoms with E-state index >= 15 is 0 Å². The number of amides is 2.